The summed E-state index contributed by atoms with van der Waals surface area (Å²) in [7, 11) is -5.32. The molecule has 7 amide bonds. The first-order valence-electron chi connectivity index (χ1n) is 30.7. The number of ether oxygens (including phenoxy) is 1. The summed E-state index contributed by atoms with van der Waals surface area (Å²) in [6.07, 6.45) is -4.79. The minimum absolute atomic E-state index is 0. The van der Waals surface area contributed by atoms with Crippen LogP contribution in [0.25, 0.3) is 16.4 Å². The molecule has 2 saturated heterocycles. The number of aliphatic imine (C=N–C) groups is 3. The number of amides is 7. The number of nitrogens with zero attached hydrogens (tertiary/aromatic N) is 7. The third-order valence-corrected chi connectivity index (χ3v) is 21.6. The number of allylic oxidation sites excluding steroid dienone is 6. The Morgan fingerprint density at radius 1 is 0.806 bits per heavy atom. The predicted octanol–water partition coefficient (Wildman–Crippen LogP) is 3.41. The summed E-state index contributed by atoms with van der Waals surface area (Å²) in [6, 6.07) is 2.65. The SMILES string of the molecule is C/C1=C2/[N-][C@H]([C@H](CC(N)=O)[C@@]2(C)CCC(=O)NC[C@@H](C)OP(=O)([O-])O[C@H]2C(O)[C@@H](n3cnc4cc(C)c(C)cc43)O[C@@H]2CO)[C@]2(C)N=C(/C(C)=C3N=C(/C=C4N=C1[C@@H](CCC(N)=O)C\4(C)C)[C@@H](CCC(N)=O)[C@]\3(C)CC(N)=O)[C@@H](CCC(N)=O)[C@]2(C)CC(N)=O.[C-]#N.[Co+3]. The molecule has 6 aliphatic rings. The average Bonchev–Trinajstić information content (AvgIpc) is 1.53. The molecule has 15 atom stereocenters. The number of aliphatic hydroxyl groups excluding tert-OH is 2. The van der Waals surface area contributed by atoms with Crippen molar-refractivity contribution in [2.45, 2.75) is 189 Å². The fourth-order valence-corrected chi connectivity index (χ4v) is 16.4. The number of phosphoric ester groups is 1. The number of aliphatic hydroxyl groups is 2. The van der Waals surface area contributed by atoms with E-state index in [-0.39, 0.29) is 94.0 Å². The van der Waals surface area contributed by atoms with Gasteiger partial charge in [-0.1, -0.05) is 40.7 Å². The first-order valence-corrected chi connectivity index (χ1v) is 32.2. The van der Waals surface area contributed by atoms with Crippen molar-refractivity contribution in [3.63, 3.8) is 0 Å². The number of phosphoric acid groups is 1. The third-order valence-electron chi connectivity index (χ3n) is 20.5. The van der Waals surface area contributed by atoms with Crippen molar-refractivity contribution in [1.82, 2.24) is 14.9 Å². The van der Waals surface area contributed by atoms with Gasteiger partial charge in [-0.25, -0.2) is 4.98 Å². The second-order valence-electron chi connectivity index (χ2n) is 27.0. The van der Waals surface area contributed by atoms with Gasteiger partial charge in [0.15, 0.2) is 6.23 Å². The Morgan fingerprint density at radius 2 is 1.39 bits per heavy atom. The molecule has 2 unspecified atom stereocenters. The molecule has 30 heteroatoms. The van der Waals surface area contributed by atoms with E-state index in [4.69, 9.17) is 80.3 Å². The fourth-order valence-electron chi connectivity index (χ4n) is 15.3. The number of hydrogen-bond acceptors (Lipinski definition) is 19. The number of hydrogen-bond donors (Lipinski definition) is 9. The molecule has 0 aliphatic carbocycles. The van der Waals surface area contributed by atoms with Crippen molar-refractivity contribution >= 4 is 77.3 Å². The molecule has 8 rings (SSSR count). The van der Waals surface area contributed by atoms with Crippen LogP contribution in [0.3, 0.4) is 0 Å². The number of aromatic nitrogens is 2. The van der Waals surface area contributed by atoms with E-state index in [9.17, 15) is 53.2 Å². The Morgan fingerprint density at radius 3 is 1.96 bits per heavy atom. The van der Waals surface area contributed by atoms with Gasteiger partial charge in [0.1, 0.15) is 18.3 Å². The molecule has 1 aromatic carbocycles. The van der Waals surface area contributed by atoms with Crippen LogP contribution in [0.2, 0.25) is 0 Å². The molecular weight excluding hydrogens is 1270 g/mol. The molecular formula is C63H88CoN14O14P. The van der Waals surface area contributed by atoms with Crippen molar-refractivity contribution in [3.05, 3.63) is 75.8 Å². The maximum absolute atomic E-state index is 14.4. The minimum Gasteiger partial charge on any atom is -0.756 e. The molecule has 6 aliphatic heterocycles. The standard InChI is InChI=1S/C62H90N13O14P.CN.Co/c1-29-20-39-40(21-30(29)2)75(28-70-39)57-52(84)53(41(27-76)87-57)89-90(85,86)88-31(3)26-69-49(83)18-19-59(8)37(22-46(66)80)56-62(11)61(10,25-48(68)82)36(14-17-45(65)79)51(74-62)33(5)55-60(9,24-47(67)81)34(12-15-43(63)77)38(71-55)23-42-58(6,7)35(13-16-44(64)78)50(72-42)32(4)54(59)73-56;1-2;/h20-21,23,28,31,34-37,41,52-53,56-57,76,84H,12-19,22,24-27H2,1-11H3,(H15,63,64,65,66,67,68,69,71,72,73,74,77,78,79,80,81,82,83,85,86);;/q;-1;+3/p-2/t31-,34-,35-,36-,37+,41-,52?,53-,56-,57+,59-,60+,61+,62+;;/m1../s1. The zero-order valence-electron chi connectivity index (χ0n) is 54.4. The Balaban J connectivity index is 0.00000453. The second-order valence-corrected chi connectivity index (χ2v) is 28.3. The van der Waals surface area contributed by atoms with Crippen molar-refractivity contribution in [1.29, 1.82) is 5.26 Å². The van der Waals surface area contributed by atoms with Gasteiger partial charge in [-0.15, -0.1) is 0 Å². The summed E-state index contributed by atoms with van der Waals surface area (Å²) in [6.45, 7) is 23.7. The van der Waals surface area contributed by atoms with Crippen LogP contribution in [0.4, 0.5) is 0 Å². The molecule has 2 fully saturated rings. The summed E-state index contributed by atoms with van der Waals surface area (Å²) < 4.78 is 31.9. The molecule has 15 N–H and O–H groups in total. The van der Waals surface area contributed by atoms with Gasteiger partial charge in [-0.05, 0) is 119 Å². The molecule has 0 radical (unpaired) electrons. The van der Waals surface area contributed by atoms with Crippen LogP contribution in [0.15, 0.2) is 67.8 Å². The quantitative estimate of drug-likeness (QED) is 0.0481. The van der Waals surface area contributed by atoms with Crippen LogP contribution in [0, 0.1) is 71.0 Å². The predicted molar refractivity (Wildman–Crippen MR) is 337 cm³/mol. The number of rotatable bonds is 26. The zero-order valence-corrected chi connectivity index (χ0v) is 56.4. The number of benzene rings is 1. The van der Waals surface area contributed by atoms with Gasteiger partial charge in [0.25, 0.3) is 7.82 Å². The van der Waals surface area contributed by atoms with Crippen LogP contribution in [0.5, 0.6) is 0 Å². The van der Waals surface area contributed by atoms with E-state index in [0.29, 0.717) is 56.4 Å². The molecule has 7 heterocycles. The number of aryl methyl sites for hydroxylation is 2. The van der Waals surface area contributed by atoms with Gasteiger partial charge < -0.3 is 90.3 Å². The Bertz CT molecular complexity index is 3600. The number of nitrogens with two attached hydrogens (primary N) is 6. The Labute approximate surface area is 551 Å². The number of primary amides is 6. The minimum atomic E-state index is -5.32. The van der Waals surface area contributed by atoms with Gasteiger partial charge in [0, 0.05) is 108 Å². The monoisotopic (exact) mass is 1350 g/mol. The van der Waals surface area contributed by atoms with Gasteiger partial charge in [0.05, 0.1) is 41.3 Å². The molecule has 0 saturated carbocycles. The third kappa shape index (κ3) is 14.6. The Kier molecular flexibility index (Phi) is 23.0. The van der Waals surface area contributed by atoms with Gasteiger partial charge >= 0.3 is 16.8 Å². The number of fused-ring (bicyclic) bond motifs is 7. The van der Waals surface area contributed by atoms with Crippen molar-refractivity contribution in [2.24, 2.45) is 94.7 Å². The van der Waals surface area contributed by atoms with E-state index < -0.39 is 143 Å². The maximum Gasteiger partial charge on any atom is 3.00 e. The summed E-state index contributed by atoms with van der Waals surface area (Å²) in [5, 5.41) is 36.4. The number of carbonyl (C=O) groups excluding carboxylic acids is 7. The largest absolute Gasteiger partial charge is 3.00 e. The molecule has 0 spiro atoms. The maximum atomic E-state index is 14.4. The van der Waals surface area contributed by atoms with E-state index in [0.717, 1.165) is 11.1 Å². The number of nitrogens with one attached hydrogen (secondary N) is 1. The summed E-state index contributed by atoms with van der Waals surface area (Å²) in [5.74, 6) is -7.40. The Hall–Kier alpha value is -7.00. The van der Waals surface area contributed by atoms with E-state index in [1.807, 2.05) is 80.5 Å². The van der Waals surface area contributed by atoms with Crippen LogP contribution < -0.4 is 44.6 Å². The van der Waals surface area contributed by atoms with Crippen LogP contribution in [0.1, 0.15) is 150 Å². The summed E-state index contributed by atoms with van der Waals surface area (Å²) in [4.78, 5) is 128. The van der Waals surface area contributed by atoms with Crippen molar-refractivity contribution < 1.29 is 83.8 Å². The first kappa shape index (κ1) is 75.0. The van der Waals surface area contributed by atoms with Crippen LogP contribution in [-0.2, 0) is 68.7 Å². The summed E-state index contributed by atoms with van der Waals surface area (Å²) in [5.41, 5.74) is 36.7. The topological polar surface area (TPSA) is 489 Å². The van der Waals surface area contributed by atoms with Crippen LogP contribution in [-0.4, -0.2) is 127 Å². The molecule has 508 valence electrons. The van der Waals surface area contributed by atoms with E-state index in [2.05, 4.69) is 10.3 Å². The van der Waals surface area contributed by atoms with Crippen molar-refractivity contribution in [2.75, 3.05) is 13.2 Å². The van der Waals surface area contributed by atoms with E-state index >= 15 is 0 Å². The smallest absolute Gasteiger partial charge is 0.756 e. The number of carbonyl (C=O) groups is 7. The molecule has 8 bridgehead atoms. The zero-order chi connectivity index (χ0) is 68.7. The number of imidazole rings is 1. The summed E-state index contributed by atoms with van der Waals surface area (Å²) >= 11 is 0. The average molecular weight is 1360 g/mol. The fraction of sp³-hybridized carbons (Fsp3) is 0.619. The molecule has 1 aromatic heterocycles. The van der Waals surface area contributed by atoms with E-state index in [1.54, 1.807) is 6.92 Å². The van der Waals surface area contributed by atoms with Gasteiger partial charge in [0.2, 0.25) is 41.4 Å². The second kappa shape index (κ2) is 28.5. The van der Waals surface area contributed by atoms with Gasteiger partial charge in [-0.3, -0.25) is 53.1 Å². The molecule has 28 nitrogen and oxygen atoms in total. The van der Waals surface area contributed by atoms with Gasteiger partial charge in [-0.2, -0.15) is 5.70 Å². The van der Waals surface area contributed by atoms with Crippen molar-refractivity contribution in [3.8, 4) is 0 Å². The molecule has 2 aromatic rings. The molecule has 93 heavy (non-hydrogen) atoms. The van der Waals surface area contributed by atoms with E-state index in [1.165, 1.54) is 17.8 Å². The van der Waals surface area contributed by atoms with Crippen LogP contribution >= 0.6 is 7.82 Å². The normalized spacial score (nSPS) is 33.1. The first-order chi connectivity index (χ1) is 42.8.